The number of rotatable bonds is 6. The summed E-state index contributed by atoms with van der Waals surface area (Å²) in [6, 6.07) is 8.07. The van der Waals surface area contributed by atoms with Crippen LogP contribution in [0.5, 0.6) is 0 Å². The first-order valence-electron chi connectivity index (χ1n) is 5.97. The van der Waals surface area contributed by atoms with Crippen molar-refractivity contribution in [3.63, 3.8) is 0 Å². The molecular formula is C12H14N4O3S. The zero-order chi connectivity index (χ0) is 14.4. The number of carbonyl (C=O) groups excluding carboxylic acids is 1. The minimum absolute atomic E-state index is 0.0919. The lowest BCUT2D eigenvalue weighted by Gasteiger charge is -2.05. The van der Waals surface area contributed by atoms with Crippen LogP contribution in [-0.2, 0) is 21.2 Å². The highest BCUT2D eigenvalue weighted by Crippen LogP contribution is 2.10. The quantitative estimate of drug-likeness (QED) is 0.796. The first-order valence-corrected chi connectivity index (χ1v) is 7.62. The maximum Gasteiger partial charge on any atom is 0.221 e. The Morgan fingerprint density at radius 3 is 2.65 bits per heavy atom. The van der Waals surface area contributed by atoms with Crippen LogP contribution in [0.1, 0.15) is 12.2 Å². The summed E-state index contributed by atoms with van der Waals surface area (Å²) in [5.74, 6) is -0.0515. The second-order valence-electron chi connectivity index (χ2n) is 4.09. The lowest BCUT2D eigenvalue weighted by molar-refractivity contribution is -0.120. The van der Waals surface area contributed by atoms with Gasteiger partial charge in [-0.15, -0.1) is 0 Å². The van der Waals surface area contributed by atoms with E-state index in [0.29, 0.717) is 5.82 Å². The lowest BCUT2D eigenvalue weighted by atomic mass is 10.4. The van der Waals surface area contributed by atoms with Gasteiger partial charge in [0.15, 0.2) is 9.84 Å². The molecule has 8 heteroatoms. The summed E-state index contributed by atoms with van der Waals surface area (Å²) in [5, 5.41) is 8.81. The van der Waals surface area contributed by atoms with Gasteiger partial charge in [-0.05, 0) is 12.1 Å². The SMILES string of the molecule is O=C(CCS(=O)(=O)c1ccccc1)NCc1ncn[nH]1. The van der Waals surface area contributed by atoms with Crippen LogP contribution in [0.4, 0.5) is 0 Å². The number of nitrogens with zero attached hydrogens (tertiary/aromatic N) is 2. The van der Waals surface area contributed by atoms with E-state index in [1.807, 2.05) is 0 Å². The summed E-state index contributed by atoms with van der Waals surface area (Å²) < 4.78 is 23.9. The molecule has 0 radical (unpaired) electrons. The van der Waals surface area contributed by atoms with E-state index in [2.05, 4.69) is 20.5 Å². The number of H-pyrrole nitrogens is 1. The van der Waals surface area contributed by atoms with Crippen LogP contribution in [0.25, 0.3) is 0 Å². The molecule has 20 heavy (non-hydrogen) atoms. The fraction of sp³-hybridized carbons (Fsp3) is 0.250. The van der Waals surface area contributed by atoms with Crippen molar-refractivity contribution in [2.75, 3.05) is 5.75 Å². The van der Waals surface area contributed by atoms with Crippen molar-refractivity contribution in [2.24, 2.45) is 0 Å². The normalized spacial score (nSPS) is 11.2. The van der Waals surface area contributed by atoms with Gasteiger partial charge in [-0.1, -0.05) is 18.2 Å². The molecule has 2 N–H and O–H groups in total. The molecule has 106 valence electrons. The topological polar surface area (TPSA) is 105 Å². The molecule has 0 saturated heterocycles. The van der Waals surface area contributed by atoms with Crippen molar-refractivity contribution in [1.82, 2.24) is 20.5 Å². The number of aromatic nitrogens is 3. The molecule has 0 saturated carbocycles. The average molecular weight is 294 g/mol. The predicted molar refractivity (Wildman–Crippen MR) is 71.3 cm³/mol. The third-order valence-corrected chi connectivity index (χ3v) is 4.35. The molecule has 1 amide bonds. The van der Waals surface area contributed by atoms with Gasteiger partial charge in [-0.3, -0.25) is 9.89 Å². The zero-order valence-electron chi connectivity index (χ0n) is 10.6. The molecule has 1 aromatic carbocycles. The third kappa shape index (κ3) is 3.89. The Labute approximate surface area is 116 Å². The number of nitrogens with one attached hydrogen (secondary N) is 2. The first-order chi connectivity index (χ1) is 9.58. The van der Waals surface area contributed by atoms with Gasteiger partial charge in [-0.25, -0.2) is 13.4 Å². The van der Waals surface area contributed by atoms with Gasteiger partial charge in [0.1, 0.15) is 12.2 Å². The smallest absolute Gasteiger partial charge is 0.221 e. The molecule has 2 aromatic rings. The van der Waals surface area contributed by atoms with Crippen molar-refractivity contribution in [2.45, 2.75) is 17.9 Å². The average Bonchev–Trinajstić information content (AvgIpc) is 2.97. The van der Waals surface area contributed by atoms with Gasteiger partial charge in [0.05, 0.1) is 17.2 Å². The van der Waals surface area contributed by atoms with Crippen LogP contribution < -0.4 is 5.32 Å². The minimum Gasteiger partial charge on any atom is -0.349 e. The molecule has 0 aliphatic carbocycles. The number of benzene rings is 1. The van der Waals surface area contributed by atoms with E-state index in [1.165, 1.54) is 18.5 Å². The highest BCUT2D eigenvalue weighted by Gasteiger charge is 2.15. The molecule has 0 aliphatic rings. The molecule has 2 rings (SSSR count). The van der Waals surface area contributed by atoms with Crippen molar-refractivity contribution in [3.05, 3.63) is 42.5 Å². The molecule has 0 unspecified atom stereocenters. The molecule has 1 heterocycles. The second-order valence-corrected chi connectivity index (χ2v) is 6.20. The maximum atomic E-state index is 12.0. The largest absolute Gasteiger partial charge is 0.349 e. The second kappa shape index (κ2) is 6.29. The van der Waals surface area contributed by atoms with Gasteiger partial charge in [-0.2, -0.15) is 5.10 Å². The summed E-state index contributed by atoms with van der Waals surface area (Å²) >= 11 is 0. The number of hydrogen-bond acceptors (Lipinski definition) is 5. The van der Waals surface area contributed by atoms with E-state index in [0.717, 1.165) is 0 Å². The summed E-state index contributed by atoms with van der Waals surface area (Å²) in [6.07, 6.45) is 1.24. The van der Waals surface area contributed by atoms with Crippen molar-refractivity contribution in [1.29, 1.82) is 0 Å². The van der Waals surface area contributed by atoms with Crippen LogP contribution in [0.2, 0.25) is 0 Å². The van der Waals surface area contributed by atoms with E-state index in [1.54, 1.807) is 18.2 Å². The van der Waals surface area contributed by atoms with Crippen LogP contribution in [0.15, 0.2) is 41.6 Å². The fourth-order valence-electron chi connectivity index (χ4n) is 1.56. The fourth-order valence-corrected chi connectivity index (χ4v) is 2.82. The maximum absolute atomic E-state index is 12.0. The molecular weight excluding hydrogens is 280 g/mol. The number of sulfone groups is 1. The molecule has 1 aromatic heterocycles. The summed E-state index contributed by atoms with van der Waals surface area (Å²) in [7, 11) is -3.42. The van der Waals surface area contributed by atoms with E-state index in [9.17, 15) is 13.2 Å². The highest BCUT2D eigenvalue weighted by atomic mass is 32.2. The van der Waals surface area contributed by atoms with Gasteiger partial charge < -0.3 is 5.32 Å². The van der Waals surface area contributed by atoms with E-state index >= 15 is 0 Å². The Morgan fingerprint density at radius 2 is 2.00 bits per heavy atom. The van der Waals surface area contributed by atoms with Gasteiger partial charge in [0, 0.05) is 6.42 Å². The molecule has 0 fully saturated rings. The summed E-state index contributed by atoms with van der Waals surface area (Å²) in [4.78, 5) is 15.6. The zero-order valence-corrected chi connectivity index (χ0v) is 11.4. The Bertz CT molecular complexity index is 653. The number of amides is 1. The number of hydrogen-bond donors (Lipinski definition) is 2. The third-order valence-electron chi connectivity index (χ3n) is 2.62. The molecule has 0 spiro atoms. The minimum atomic E-state index is -3.42. The standard InChI is InChI=1S/C12H14N4O3S/c17-12(13-8-11-14-9-15-16-11)6-7-20(18,19)10-4-2-1-3-5-10/h1-5,9H,6-8H2,(H,13,17)(H,14,15,16). The highest BCUT2D eigenvalue weighted by molar-refractivity contribution is 7.91. The Kier molecular flexibility index (Phi) is 4.46. The van der Waals surface area contributed by atoms with E-state index in [4.69, 9.17) is 0 Å². The summed E-state index contributed by atoms with van der Waals surface area (Å²) in [5.41, 5.74) is 0. The van der Waals surface area contributed by atoms with Crippen LogP contribution in [0.3, 0.4) is 0 Å². The number of carbonyl (C=O) groups is 1. The number of aromatic amines is 1. The molecule has 7 nitrogen and oxygen atoms in total. The van der Waals surface area contributed by atoms with Crippen LogP contribution in [-0.4, -0.2) is 35.3 Å². The van der Waals surface area contributed by atoms with Crippen LogP contribution in [0, 0.1) is 0 Å². The Morgan fingerprint density at radius 1 is 1.25 bits per heavy atom. The first kappa shape index (κ1) is 14.2. The van der Waals surface area contributed by atoms with Crippen molar-refractivity contribution >= 4 is 15.7 Å². The van der Waals surface area contributed by atoms with Gasteiger partial charge in [0.25, 0.3) is 0 Å². The predicted octanol–water partition coefficient (Wildman–Crippen LogP) is 0.285. The van der Waals surface area contributed by atoms with Gasteiger partial charge >= 0.3 is 0 Å². The lowest BCUT2D eigenvalue weighted by Crippen LogP contribution is -2.25. The van der Waals surface area contributed by atoms with Crippen molar-refractivity contribution < 1.29 is 13.2 Å². The molecule has 0 bridgehead atoms. The van der Waals surface area contributed by atoms with E-state index < -0.39 is 9.84 Å². The Hall–Kier alpha value is -2.22. The van der Waals surface area contributed by atoms with E-state index in [-0.39, 0.29) is 29.5 Å². The Balaban J connectivity index is 1.84. The monoisotopic (exact) mass is 294 g/mol. The summed E-state index contributed by atoms with van der Waals surface area (Å²) in [6.45, 7) is 0.199. The van der Waals surface area contributed by atoms with Gasteiger partial charge in [0.2, 0.25) is 5.91 Å². The molecule has 0 atom stereocenters. The molecule has 0 aliphatic heterocycles. The van der Waals surface area contributed by atoms with Crippen LogP contribution >= 0.6 is 0 Å². The van der Waals surface area contributed by atoms with Crippen molar-refractivity contribution in [3.8, 4) is 0 Å².